The van der Waals surface area contributed by atoms with Crippen LogP contribution in [0.25, 0.3) is 0 Å². The third-order valence-electron chi connectivity index (χ3n) is 3.77. The first-order valence-corrected chi connectivity index (χ1v) is 10.5. The normalized spacial score (nSPS) is 21.3. The molecule has 0 spiro atoms. The standard InChI is InChI=1S/C14H20FNO4S2/c1-2-3-9-16(13-8-10-21(17,18)11-13)22(19,20)14-6-4-12(15)5-7-14/h4-7,13H,2-3,8-11H2,1H3. The van der Waals surface area contributed by atoms with Gasteiger partial charge in [-0.2, -0.15) is 4.31 Å². The van der Waals surface area contributed by atoms with Crippen LogP contribution >= 0.6 is 0 Å². The van der Waals surface area contributed by atoms with Crippen molar-refractivity contribution in [1.82, 2.24) is 4.31 Å². The minimum absolute atomic E-state index is 0.00528. The zero-order valence-corrected chi connectivity index (χ0v) is 14.0. The predicted octanol–water partition coefficient (Wildman–Crippen LogP) is 1.80. The summed E-state index contributed by atoms with van der Waals surface area (Å²) >= 11 is 0. The highest BCUT2D eigenvalue weighted by molar-refractivity contribution is 7.92. The largest absolute Gasteiger partial charge is 0.243 e. The second-order valence-corrected chi connectivity index (χ2v) is 9.60. The van der Waals surface area contributed by atoms with Crippen molar-refractivity contribution < 1.29 is 21.2 Å². The van der Waals surface area contributed by atoms with Crippen LogP contribution in [0.3, 0.4) is 0 Å². The van der Waals surface area contributed by atoms with Gasteiger partial charge in [0.25, 0.3) is 0 Å². The molecule has 22 heavy (non-hydrogen) atoms. The van der Waals surface area contributed by atoms with Crippen LogP contribution in [0.5, 0.6) is 0 Å². The van der Waals surface area contributed by atoms with Crippen molar-refractivity contribution in [3.63, 3.8) is 0 Å². The maximum absolute atomic E-state index is 13.0. The lowest BCUT2D eigenvalue weighted by atomic mass is 10.2. The van der Waals surface area contributed by atoms with Crippen molar-refractivity contribution in [2.24, 2.45) is 0 Å². The van der Waals surface area contributed by atoms with Gasteiger partial charge in [-0.15, -0.1) is 0 Å². The quantitative estimate of drug-likeness (QED) is 0.785. The lowest BCUT2D eigenvalue weighted by Gasteiger charge is -2.27. The SMILES string of the molecule is CCCCN(C1CCS(=O)(=O)C1)S(=O)(=O)c1ccc(F)cc1. The van der Waals surface area contributed by atoms with Crippen LogP contribution in [0.2, 0.25) is 0 Å². The maximum atomic E-state index is 13.0. The van der Waals surface area contributed by atoms with E-state index in [2.05, 4.69) is 0 Å². The van der Waals surface area contributed by atoms with E-state index in [1.807, 2.05) is 6.92 Å². The summed E-state index contributed by atoms with van der Waals surface area (Å²) in [6.07, 6.45) is 1.76. The summed E-state index contributed by atoms with van der Waals surface area (Å²) in [5, 5.41) is 0. The van der Waals surface area contributed by atoms with Crippen LogP contribution in [0, 0.1) is 5.82 Å². The van der Waals surface area contributed by atoms with Crippen molar-refractivity contribution in [3.05, 3.63) is 30.1 Å². The Balaban J connectivity index is 2.33. The molecule has 0 radical (unpaired) electrons. The van der Waals surface area contributed by atoms with Crippen LogP contribution in [-0.2, 0) is 19.9 Å². The molecule has 0 aliphatic carbocycles. The number of nitrogens with zero attached hydrogens (tertiary/aromatic N) is 1. The van der Waals surface area contributed by atoms with Crippen molar-refractivity contribution in [1.29, 1.82) is 0 Å². The molecule has 8 heteroatoms. The van der Waals surface area contributed by atoms with E-state index in [-0.39, 0.29) is 22.9 Å². The van der Waals surface area contributed by atoms with Gasteiger partial charge in [0.15, 0.2) is 9.84 Å². The lowest BCUT2D eigenvalue weighted by Crippen LogP contribution is -2.41. The average molecular weight is 349 g/mol. The molecule has 0 bridgehead atoms. The topological polar surface area (TPSA) is 71.5 Å². The molecule has 5 nitrogen and oxygen atoms in total. The number of hydrogen-bond donors (Lipinski definition) is 0. The summed E-state index contributed by atoms with van der Waals surface area (Å²) in [6.45, 7) is 2.21. The molecule has 1 aliphatic heterocycles. The Bertz CT molecular complexity index is 714. The Labute approximate surface area is 131 Å². The summed E-state index contributed by atoms with van der Waals surface area (Å²) in [5.41, 5.74) is 0. The molecule has 1 atom stereocenters. The van der Waals surface area contributed by atoms with Crippen LogP contribution in [-0.4, -0.2) is 45.2 Å². The van der Waals surface area contributed by atoms with Crippen LogP contribution in [0.15, 0.2) is 29.2 Å². The van der Waals surface area contributed by atoms with Gasteiger partial charge in [-0.25, -0.2) is 21.2 Å². The Hall–Kier alpha value is -0.990. The van der Waals surface area contributed by atoms with Crippen LogP contribution in [0.4, 0.5) is 4.39 Å². The van der Waals surface area contributed by atoms with Crippen molar-refractivity contribution >= 4 is 19.9 Å². The number of sulfonamides is 1. The van der Waals surface area contributed by atoms with Crippen LogP contribution in [0.1, 0.15) is 26.2 Å². The number of benzene rings is 1. The second-order valence-electron chi connectivity index (χ2n) is 5.48. The zero-order valence-electron chi connectivity index (χ0n) is 12.4. The minimum atomic E-state index is -3.82. The van der Waals surface area contributed by atoms with E-state index < -0.39 is 31.7 Å². The van der Waals surface area contributed by atoms with Crippen molar-refractivity contribution in [3.8, 4) is 0 Å². The number of rotatable bonds is 6. The molecule has 0 amide bonds. The van der Waals surface area contributed by atoms with E-state index in [4.69, 9.17) is 0 Å². The summed E-state index contributed by atoms with van der Waals surface area (Å²) in [7, 11) is -7.00. The highest BCUT2D eigenvalue weighted by Gasteiger charge is 2.38. The molecule has 0 saturated carbocycles. The molecular formula is C14H20FNO4S2. The molecule has 1 heterocycles. The Kier molecular flexibility index (Phi) is 5.24. The molecule has 1 fully saturated rings. The molecule has 0 aromatic heterocycles. The Morgan fingerprint density at radius 3 is 2.41 bits per heavy atom. The van der Waals surface area contributed by atoms with Gasteiger partial charge in [0.2, 0.25) is 10.0 Å². The molecule has 1 aromatic carbocycles. The van der Waals surface area contributed by atoms with Crippen molar-refractivity contribution in [2.75, 3.05) is 18.1 Å². The molecule has 0 N–H and O–H groups in total. The van der Waals surface area contributed by atoms with E-state index in [0.29, 0.717) is 12.8 Å². The highest BCUT2D eigenvalue weighted by atomic mass is 32.2. The number of hydrogen-bond acceptors (Lipinski definition) is 4. The van der Waals surface area contributed by atoms with Gasteiger partial charge in [-0.05, 0) is 37.1 Å². The first kappa shape index (κ1) is 17.4. The molecule has 1 saturated heterocycles. The number of sulfone groups is 1. The summed E-state index contributed by atoms with van der Waals surface area (Å²) in [6, 6.07) is 4.08. The van der Waals surface area contributed by atoms with Gasteiger partial charge in [0.1, 0.15) is 5.82 Å². The summed E-state index contributed by atoms with van der Waals surface area (Å²) in [5.74, 6) is -0.640. The number of unbranched alkanes of at least 4 members (excludes halogenated alkanes) is 1. The molecule has 2 rings (SSSR count). The van der Waals surface area contributed by atoms with Gasteiger partial charge in [-0.1, -0.05) is 13.3 Å². The minimum Gasteiger partial charge on any atom is -0.229 e. The fourth-order valence-corrected chi connectivity index (χ4v) is 6.08. The van der Waals surface area contributed by atoms with E-state index in [1.165, 1.54) is 16.4 Å². The van der Waals surface area contributed by atoms with E-state index >= 15 is 0 Å². The molecule has 1 unspecified atom stereocenters. The molecule has 124 valence electrons. The first-order valence-electron chi connectivity index (χ1n) is 7.24. The predicted molar refractivity (Wildman–Crippen MR) is 82.3 cm³/mol. The summed E-state index contributed by atoms with van der Waals surface area (Å²) in [4.78, 5) is -0.00528. The second kappa shape index (κ2) is 6.64. The lowest BCUT2D eigenvalue weighted by molar-refractivity contribution is 0.335. The Morgan fingerprint density at radius 2 is 1.91 bits per heavy atom. The van der Waals surface area contributed by atoms with Gasteiger partial charge in [0, 0.05) is 12.6 Å². The summed E-state index contributed by atoms with van der Waals surface area (Å²) < 4.78 is 63.1. The number of halogens is 1. The van der Waals surface area contributed by atoms with Gasteiger partial charge in [0.05, 0.1) is 16.4 Å². The van der Waals surface area contributed by atoms with E-state index in [0.717, 1.165) is 18.6 Å². The fourth-order valence-electron chi connectivity index (χ4n) is 2.56. The van der Waals surface area contributed by atoms with Gasteiger partial charge >= 0.3 is 0 Å². The van der Waals surface area contributed by atoms with Crippen LogP contribution < -0.4 is 0 Å². The first-order chi connectivity index (χ1) is 10.3. The maximum Gasteiger partial charge on any atom is 0.243 e. The average Bonchev–Trinajstić information content (AvgIpc) is 2.79. The molecule has 1 aromatic rings. The molecule has 1 aliphatic rings. The fraction of sp³-hybridized carbons (Fsp3) is 0.571. The Morgan fingerprint density at radius 1 is 1.27 bits per heavy atom. The smallest absolute Gasteiger partial charge is 0.229 e. The zero-order chi connectivity index (χ0) is 16.4. The van der Waals surface area contributed by atoms with E-state index in [1.54, 1.807) is 0 Å². The highest BCUT2D eigenvalue weighted by Crippen LogP contribution is 2.25. The van der Waals surface area contributed by atoms with Gasteiger partial charge < -0.3 is 0 Å². The third kappa shape index (κ3) is 3.85. The monoisotopic (exact) mass is 349 g/mol. The molecular weight excluding hydrogens is 329 g/mol. The van der Waals surface area contributed by atoms with Gasteiger partial charge in [-0.3, -0.25) is 0 Å². The van der Waals surface area contributed by atoms with E-state index in [9.17, 15) is 21.2 Å². The third-order valence-corrected chi connectivity index (χ3v) is 7.48. The van der Waals surface area contributed by atoms with Crippen molar-refractivity contribution in [2.45, 2.75) is 37.1 Å².